The zero-order valence-corrected chi connectivity index (χ0v) is 14.0. The fourth-order valence-corrected chi connectivity index (χ4v) is 3.28. The molecule has 0 unspecified atom stereocenters. The zero-order chi connectivity index (χ0) is 16.3. The van der Waals surface area contributed by atoms with Crippen LogP contribution in [0.3, 0.4) is 0 Å². The molecule has 0 atom stereocenters. The summed E-state index contributed by atoms with van der Waals surface area (Å²) in [4.78, 5) is 12.4. The number of hydrogen-bond donors (Lipinski definition) is 1. The van der Waals surface area contributed by atoms with E-state index in [9.17, 15) is 4.79 Å². The second kappa shape index (κ2) is 4.60. The molecule has 0 fully saturated rings. The Kier molecular flexibility index (Phi) is 3.06. The molecular formula is C19H21NO2. The predicted molar refractivity (Wildman–Crippen MR) is 92.8 cm³/mol. The maximum absolute atomic E-state index is 12.4. The van der Waals surface area contributed by atoms with Crippen molar-refractivity contribution >= 4 is 27.4 Å². The summed E-state index contributed by atoms with van der Waals surface area (Å²) in [5, 5.41) is 2.58. The molecule has 1 heterocycles. The first-order valence-corrected chi connectivity index (χ1v) is 7.48. The standard InChI is InChI=1S/C19H21NO2/c1-8-9(2)13(6)18-17(11(8)4)16-12(5)10(3)15(20)7-14(16)19(21)22-18/h7H,20H2,1-6H3. The lowest BCUT2D eigenvalue weighted by molar-refractivity contribution is 0.566. The van der Waals surface area contributed by atoms with Gasteiger partial charge in [-0.05, 0) is 81.0 Å². The van der Waals surface area contributed by atoms with Gasteiger partial charge >= 0.3 is 5.63 Å². The van der Waals surface area contributed by atoms with Crippen molar-refractivity contribution in [3.05, 3.63) is 49.9 Å². The quantitative estimate of drug-likeness (QED) is 0.380. The highest BCUT2D eigenvalue weighted by atomic mass is 16.4. The Balaban J connectivity index is 2.79. The summed E-state index contributed by atoms with van der Waals surface area (Å²) < 4.78 is 5.66. The van der Waals surface area contributed by atoms with Crippen LogP contribution in [0.4, 0.5) is 5.69 Å². The first-order valence-electron chi connectivity index (χ1n) is 7.48. The van der Waals surface area contributed by atoms with E-state index in [4.69, 9.17) is 10.2 Å². The SMILES string of the molecule is Cc1c(C)c(C)c2c(oc(=O)c3cc(N)c(C)c(C)c32)c1C. The number of benzene rings is 2. The Morgan fingerprint density at radius 2 is 1.32 bits per heavy atom. The number of nitrogens with two attached hydrogens (primary N) is 1. The maximum Gasteiger partial charge on any atom is 0.344 e. The third kappa shape index (κ3) is 1.71. The molecule has 0 radical (unpaired) electrons. The van der Waals surface area contributed by atoms with Crippen LogP contribution in [0.15, 0.2) is 15.3 Å². The molecule has 0 aliphatic carbocycles. The summed E-state index contributed by atoms with van der Waals surface area (Å²) in [6.07, 6.45) is 0. The highest BCUT2D eigenvalue weighted by molar-refractivity contribution is 6.10. The van der Waals surface area contributed by atoms with Gasteiger partial charge in [0, 0.05) is 16.5 Å². The van der Waals surface area contributed by atoms with Gasteiger partial charge < -0.3 is 10.2 Å². The summed E-state index contributed by atoms with van der Waals surface area (Å²) in [7, 11) is 0. The van der Waals surface area contributed by atoms with Crippen LogP contribution in [0.1, 0.15) is 33.4 Å². The lowest BCUT2D eigenvalue weighted by atomic mass is 9.90. The van der Waals surface area contributed by atoms with E-state index >= 15 is 0 Å². The van der Waals surface area contributed by atoms with Crippen molar-refractivity contribution in [3.8, 4) is 0 Å². The minimum Gasteiger partial charge on any atom is -0.422 e. The van der Waals surface area contributed by atoms with Crippen LogP contribution in [0.2, 0.25) is 0 Å². The van der Waals surface area contributed by atoms with Gasteiger partial charge in [0.2, 0.25) is 0 Å². The molecule has 22 heavy (non-hydrogen) atoms. The van der Waals surface area contributed by atoms with E-state index in [0.717, 1.165) is 27.5 Å². The molecule has 0 saturated carbocycles. The predicted octanol–water partition coefficient (Wildman–Crippen LogP) is 4.38. The molecule has 0 bridgehead atoms. The molecule has 0 aliphatic rings. The average molecular weight is 295 g/mol. The second-order valence-electron chi connectivity index (χ2n) is 6.23. The van der Waals surface area contributed by atoms with Gasteiger partial charge in [-0.25, -0.2) is 4.79 Å². The van der Waals surface area contributed by atoms with Gasteiger partial charge in [0.1, 0.15) is 5.58 Å². The smallest absolute Gasteiger partial charge is 0.344 e. The molecular weight excluding hydrogens is 274 g/mol. The molecule has 3 heteroatoms. The number of aryl methyl sites for hydroxylation is 3. The van der Waals surface area contributed by atoms with Crippen molar-refractivity contribution in [2.24, 2.45) is 0 Å². The largest absolute Gasteiger partial charge is 0.422 e. The van der Waals surface area contributed by atoms with Crippen LogP contribution in [-0.2, 0) is 0 Å². The lowest BCUT2D eigenvalue weighted by Crippen LogP contribution is -2.07. The van der Waals surface area contributed by atoms with Gasteiger partial charge in [0.05, 0.1) is 5.39 Å². The number of fused-ring (bicyclic) bond motifs is 3. The third-order valence-electron chi connectivity index (χ3n) is 5.23. The van der Waals surface area contributed by atoms with Crippen molar-refractivity contribution in [1.29, 1.82) is 0 Å². The van der Waals surface area contributed by atoms with Gasteiger partial charge in [-0.2, -0.15) is 0 Å². The van der Waals surface area contributed by atoms with Gasteiger partial charge in [0.25, 0.3) is 0 Å². The van der Waals surface area contributed by atoms with Crippen molar-refractivity contribution < 1.29 is 4.42 Å². The summed E-state index contributed by atoms with van der Waals surface area (Å²) in [6, 6.07) is 1.74. The topological polar surface area (TPSA) is 56.2 Å². The number of rotatable bonds is 0. The van der Waals surface area contributed by atoms with Gasteiger partial charge in [-0.3, -0.25) is 0 Å². The van der Waals surface area contributed by atoms with Crippen LogP contribution in [0, 0.1) is 41.5 Å². The minimum absolute atomic E-state index is 0.317. The maximum atomic E-state index is 12.4. The number of anilines is 1. The van der Waals surface area contributed by atoms with Crippen molar-refractivity contribution in [2.75, 3.05) is 5.73 Å². The number of nitrogen functional groups attached to an aromatic ring is 1. The van der Waals surface area contributed by atoms with Crippen LogP contribution in [0.25, 0.3) is 21.7 Å². The van der Waals surface area contributed by atoms with Crippen LogP contribution >= 0.6 is 0 Å². The molecule has 3 rings (SSSR count). The van der Waals surface area contributed by atoms with E-state index in [-0.39, 0.29) is 5.63 Å². The second-order valence-corrected chi connectivity index (χ2v) is 6.23. The van der Waals surface area contributed by atoms with Gasteiger partial charge in [0.15, 0.2) is 0 Å². The molecule has 114 valence electrons. The van der Waals surface area contributed by atoms with E-state index in [2.05, 4.69) is 20.8 Å². The van der Waals surface area contributed by atoms with E-state index < -0.39 is 0 Å². The Hall–Kier alpha value is -2.29. The van der Waals surface area contributed by atoms with Crippen molar-refractivity contribution in [3.63, 3.8) is 0 Å². The Labute approximate surface area is 129 Å². The molecule has 0 aliphatic heterocycles. The van der Waals surface area contributed by atoms with E-state index in [1.165, 1.54) is 16.7 Å². The van der Waals surface area contributed by atoms with Crippen LogP contribution < -0.4 is 11.4 Å². The normalized spacial score (nSPS) is 11.5. The molecule has 0 amide bonds. The van der Waals surface area contributed by atoms with Crippen molar-refractivity contribution in [2.45, 2.75) is 41.5 Å². The molecule has 3 nitrogen and oxygen atoms in total. The summed E-state index contributed by atoms with van der Waals surface area (Å²) in [5.74, 6) is 0. The molecule has 0 spiro atoms. The molecule has 2 N–H and O–H groups in total. The fourth-order valence-electron chi connectivity index (χ4n) is 3.28. The van der Waals surface area contributed by atoms with E-state index in [1.54, 1.807) is 6.07 Å². The van der Waals surface area contributed by atoms with Crippen LogP contribution in [-0.4, -0.2) is 0 Å². The average Bonchev–Trinajstić information content (AvgIpc) is 2.49. The summed E-state index contributed by atoms with van der Waals surface area (Å²) >= 11 is 0. The Bertz CT molecular complexity index is 1010. The Morgan fingerprint density at radius 3 is 1.95 bits per heavy atom. The minimum atomic E-state index is -0.317. The summed E-state index contributed by atoms with van der Waals surface area (Å²) in [5.41, 5.74) is 13.8. The third-order valence-corrected chi connectivity index (χ3v) is 5.23. The van der Waals surface area contributed by atoms with Crippen molar-refractivity contribution in [1.82, 2.24) is 0 Å². The van der Waals surface area contributed by atoms with Gasteiger partial charge in [-0.15, -0.1) is 0 Å². The van der Waals surface area contributed by atoms with E-state index in [0.29, 0.717) is 16.7 Å². The Morgan fingerprint density at radius 1 is 0.773 bits per heavy atom. The molecule has 0 saturated heterocycles. The molecule has 3 aromatic rings. The zero-order valence-electron chi connectivity index (χ0n) is 14.0. The fraction of sp³-hybridized carbons (Fsp3) is 0.316. The highest BCUT2D eigenvalue weighted by Crippen LogP contribution is 2.36. The van der Waals surface area contributed by atoms with Crippen LogP contribution in [0.5, 0.6) is 0 Å². The molecule has 2 aromatic carbocycles. The first kappa shape index (κ1) is 14.6. The monoisotopic (exact) mass is 295 g/mol. The van der Waals surface area contributed by atoms with Gasteiger partial charge in [-0.1, -0.05) is 0 Å². The molecule has 1 aromatic heterocycles. The summed E-state index contributed by atoms with van der Waals surface area (Å²) in [6.45, 7) is 12.3. The van der Waals surface area contributed by atoms with E-state index in [1.807, 2.05) is 20.8 Å². The number of hydrogen-bond acceptors (Lipinski definition) is 3. The highest BCUT2D eigenvalue weighted by Gasteiger charge is 2.18. The first-order chi connectivity index (χ1) is 10.3. The lowest BCUT2D eigenvalue weighted by Gasteiger charge is -2.17.